The van der Waals surface area contributed by atoms with Crippen LogP contribution in [0.25, 0.3) is 20.7 Å². The summed E-state index contributed by atoms with van der Waals surface area (Å²) in [4.78, 5) is 23.9. The molecule has 30 heavy (non-hydrogen) atoms. The first kappa shape index (κ1) is 20.0. The fraction of sp³-hybridized carbons (Fsp3) is 0.0909. The van der Waals surface area contributed by atoms with Gasteiger partial charge in [0.25, 0.3) is 0 Å². The van der Waals surface area contributed by atoms with Crippen molar-refractivity contribution in [2.24, 2.45) is 0 Å². The summed E-state index contributed by atoms with van der Waals surface area (Å²) in [5.74, 6) is -0.309. The normalized spacial score (nSPS) is 10.7. The summed E-state index contributed by atoms with van der Waals surface area (Å²) in [7, 11) is 0. The number of benzene rings is 2. The molecule has 2 aromatic heterocycles. The monoisotopic (exact) mass is 434 g/mol. The van der Waals surface area contributed by atoms with Crippen molar-refractivity contribution < 1.29 is 9.18 Å². The summed E-state index contributed by atoms with van der Waals surface area (Å²) in [5, 5.41) is 9.81. The van der Waals surface area contributed by atoms with Crippen molar-refractivity contribution in [3.63, 3.8) is 0 Å². The molecule has 4 aromatic rings. The molecule has 0 aliphatic heterocycles. The Kier molecular flexibility index (Phi) is 6.02. The lowest BCUT2D eigenvalue weighted by Gasteiger charge is -2.19. The van der Waals surface area contributed by atoms with Gasteiger partial charge in [-0.05, 0) is 35.9 Å². The summed E-state index contributed by atoms with van der Waals surface area (Å²) in [6, 6.07) is 19.4. The minimum absolute atomic E-state index is 0.0176. The van der Waals surface area contributed by atoms with E-state index in [-0.39, 0.29) is 24.0 Å². The average molecular weight is 435 g/mol. The fourth-order valence-electron chi connectivity index (χ4n) is 2.90. The highest BCUT2D eigenvalue weighted by Crippen LogP contribution is 2.37. The number of aromatic nitrogens is 2. The zero-order valence-corrected chi connectivity index (χ0v) is 17.3. The molecule has 148 valence electrons. The topological polar surface area (TPSA) is 69.9 Å². The molecule has 1 amide bonds. The van der Waals surface area contributed by atoms with Crippen molar-refractivity contribution in [3.8, 4) is 16.5 Å². The van der Waals surface area contributed by atoms with Crippen molar-refractivity contribution in [3.05, 3.63) is 72.8 Å². The molecular formula is C22H15FN4OS2. The number of rotatable bonds is 6. The Morgan fingerprint density at radius 3 is 2.63 bits per heavy atom. The van der Waals surface area contributed by atoms with E-state index in [9.17, 15) is 9.18 Å². The van der Waals surface area contributed by atoms with E-state index in [1.54, 1.807) is 24.3 Å². The maximum absolute atomic E-state index is 13.2. The van der Waals surface area contributed by atoms with E-state index in [1.807, 2.05) is 30.3 Å². The fourth-order valence-corrected chi connectivity index (χ4v) is 4.98. The summed E-state index contributed by atoms with van der Waals surface area (Å²) in [6.07, 6.45) is 1.47. The van der Waals surface area contributed by atoms with E-state index in [4.69, 9.17) is 5.26 Å². The lowest BCUT2D eigenvalue weighted by molar-refractivity contribution is -0.116. The second-order valence-electron chi connectivity index (χ2n) is 6.27. The largest absolute Gasteiger partial charge is 0.298 e. The maximum Gasteiger partial charge on any atom is 0.238 e. The zero-order valence-electron chi connectivity index (χ0n) is 15.7. The van der Waals surface area contributed by atoms with Crippen LogP contribution in [0.3, 0.4) is 0 Å². The number of nitrogens with zero attached hydrogens (tertiary/aromatic N) is 4. The Balaban J connectivity index is 1.55. The number of hydrogen-bond acceptors (Lipinski definition) is 6. The van der Waals surface area contributed by atoms with Gasteiger partial charge in [0.05, 0.1) is 22.0 Å². The molecule has 0 aliphatic carbocycles. The molecule has 0 aliphatic rings. The van der Waals surface area contributed by atoms with Crippen LogP contribution in [0.1, 0.15) is 0 Å². The van der Waals surface area contributed by atoms with Crippen LogP contribution >= 0.6 is 23.1 Å². The van der Waals surface area contributed by atoms with Gasteiger partial charge in [-0.25, -0.2) is 14.4 Å². The molecule has 2 aromatic carbocycles. The molecule has 0 saturated heterocycles. The lowest BCUT2D eigenvalue weighted by atomic mass is 10.2. The number of anilines is 1. The molecule has 0 fully saturated rings. The number of amides is 1. The van der Waals surface area contributed by atoms with Crippen molar-refractivity contribution in [2.75, 3.05) is 17.2 Å². The standard InChI is InChI=1S/C22H15FN4OS2/c23-16-8-6-15(7-9-16)19-12-18-21(30-19)22(26-14-25-18)29-13-20(28)27(11-10-24)17-4-2-1-3-5-17/h1-9,12,14H,11,13H2. The first-order chi connectivity index (χ1) is 14.7. The Hall–Kier alpha value is -3.28. The Labute approximate surface area is 180 Å². The van der Waals surface area contributed by atoms with E-state index < -0.39 is 0 Å². The Bertz CT molecular complexity index is 1220. The van der Waals surface area contributed by atoms with Gasteiger partial charge in [-0.15, -0.1) is 11.3 Å². The molecule has 0 bridgehead atoms. The van der Waals surface area contributed by atoms with Crippen molar-refractivity contribution in [1.82, 2.24) is 9.97 Å². The van der Waals surface area contributed by atoms with Crippen LogP contribution in [0.5, 0.6) is 0 Å². The predicted octanol–water partition coefficient (Wildman–Crippen LogP) is 5.15. The first-order valence-electron chi connectivity index (χ1n) is 9.01. The summed E-state index contributed by atoms with van der Waals surface area (Å²) in [6.45, 7) is -0.0176. The van der Waals surface area contributed by atoms with Crippen molar-refractivity contribution in [1.29, 1.82) is 5.26 Å². The van der Waals surface area contributed by atoms with Gasteiger partial charge >= 0.3 is 0 Å². The first-order valence-corrected chi connectivity index (χ1v) is 10.8. The van der Waals surface area contributed by atoms with E-state index in [0.29, 0.717) is 10.7 Å². The van der Waals surface area contributed by atoms with Crippen LogP contribution < -0.4 is 4.90 Å². The van der Waals surface area contributed by atoms with Gasteiger partial charge in [-0.3, -0.25) is 9.69 Å². The smallest absolute Gasteiger partial charge is 0.238 e. The van der Waals surface area contributed by atoms with E-state index in [1.165, 1.54) is 46.5 Å². The van der Waals surface area contributed by atoms with Gasteiger partial charge in [0.2, 0.25) is 5.91 Å². The number of nitriles is 1. The minimum atomic E-state index is -0.283. The number of halogens is 1. The third-order valence-electron chi connectivity index (χ3n) is 4.34. The third kappa shape index (κ3) is 4.32. The van der Waals surface area contributed by atoms with Gasteiger partial charge < -0.3 is 0 Å². The molecule has 0 N–H and O–H groups in total. The SMILES string of the molecule is N#CCN(C(=O)CSc1ncnc2cc(-c3ccc(F)cc3)sc12)c1ccccc1. The molecule has 4 rings (SSSR count). The molecule has 0 radical (unpaired) electrons. The third-order valence-corrected chi connectivity index (χ3v) is 6.62. The second kappa shape index (κ2) is 9.03. The average Bonchev–Trinajstić information content (AvgIpc) is 3.22. The minimum Gasteiger partial charge on any atom is -0.298 e. The van der Waals surface area contributed by atoms with Crippen LogP contribution in [0, 0.1) is 17.1 Å². The summed E-state index contributed by atoms with van der Waals surface area (Å²) < 4.78 is 14.1. The van der Waals surface area contributed by atoms with Gasteiger partial charge in [0.15, 0.2) is 0 Å². The molecule has 0 atom stereocenters. The second-order valence-corrected chi connectivity index (χ2v) is 8.29. The summed E-state index contributed by atoms with van der Waals surface area (Å²) >= 11 is 2.82. The van der Waals surface area contributed by atoms with E-state index in [2.05, 4.69) is 9.97 Å². The van der Waals surface area contributed by atoms with Crippen LogP contribution in [0.4, 0.5) is 10.1 Å². The number of para-hydroxylation sites is 1. The maximum atomic E-state index is 13.2. The highest BCUT2D eigenvalue weighted by Gasteiger charge is 2.18. The number of carbonyl (C=O) groups is 1. The van der Waals surface area contributed by atoms with E-state index >= 15 is 0 Å². The lowest BCUT2D eigenvalue weighted by Crippen LogP contribution is -2.32. The Morgan fingerprint density at radius 2 is 1.90 bits per heavy atom. The number of thioether (sulfide) groups is 1. The molecule has 0 spiro atoms. The van der Waals surface area contributed by atoms with E-state index in [0.717, 1.165) is 20.7 Å². The number of fused-ring (bicyclic) bond motifs is 1. The number of thiophene rings is 1. The predicted molar refractivity (Wildman–Crippen MR) is 118 cm³/mol. The van der Waals surface area contributed by atoms with Crippen molar-refractivity contribution in [2.45, 2.75) is 5.03 Å². The van der Waals surface area contributed by atoms with Crippen LogP contribution in [-0.2, 0) is 4.79 Å². The number of carbonyl (C=O) groups excluding carboxylic acids is 1. The molecule has 2 heterocycles. The molecule has 0 saturated carbocycles. The van der Waals surface area contributed by atoms with Gasteiger partial charge in [-0.1, -0.05) is 42.1 Å². The quantitative estimate of drug-likeness (QED) is 0.239. The Morgan fingerprint density at radius 1 is 1.13 bits per heavy atom. The van der Waals surface area contributed by atoms with Gasteiger partial charge in [0.1, 0.15) is 23.7 Å². The van der Waals surface area contributed by atoms with Crippen LogP contribution in [0.15, 0.2) is 72.0 Å². The molecular weight excluding hydrogens is 419 g/mol. The summed E-state index contributed by atoms with van der Waals surface area (Å²) in [5.41, 5.74) is 2.36. The van der Waals surface area contributed by atoms with Gasteiger partial charge in [0, 0.05) is 10.6 Å². The van der Waals surface area contributed by atoms with Crippen LogP contribution in [-0.4, -0.2) is 28.2 Å². The molecule has 5 nitrogen and oxygen atoms in total. The van der Waals surface area contributed by atoms with Crippen molar-refractivity contribution >= 4 is 44.9 Å². The van der Waals surface area contributed by atoms with Gasteiger partial charge in [-0.2, -0.15) is 5.26 Å². The highest BCUT2D eigenvalue weighted by molar-refractivity contribution is 8.00. The number of hydrogen-bond donors (Lipinski definition) is 0. The van der Waals surface area contributed by atoms with Crippen LogP contribution in [0.2, 0.25) is 0 Å². The molecule has 8 heteroatoms. The zero-order chi connectivity index (χ0) is 20.9. The molecule has 0 unspecified atom stereocenters. The highest BCUT2D eigenvalue weighted by atomic mass is 32.2.